The van der Waals surface area contributed by atoms with Crippen LogP contribution in [0.4, 0.5) is 5.69 Å². The second-order valence-electron chi connectivity index (χ2n) is 6.39. The van der Waals surface area contributed by atoms with Crippen LogP contribution in [0.3, 0.4) is 0 Å². The van der Waals surface area contributed by atoms with E-state index in [4.69, 9.17) is 0 Å². The van der Waals surface area contributed by atoms with E-state index in [1.165, 1.54) is 12.7 Å². The highest BCUT2D eigenvalue weighted by atomic mass is 79.9. The van der Waals surface area contributed by atoms with E-state index in [1.807, 2.05) is 48.5 Å². The van der Waals surface area contributed by atoms with E-state index in [9.17, 15) is 4.79 Å². The lowest BCUT2D eigenvalue weighted by Crippen LogP contribution is -2.15. The van der Waals surface area contributed by atoms with Crippen molar-refractivity contribution in [3.63, 3.8) is 0 Å². The Hall–Kier alpha value is -3.43. The Kier molecular flexibility index (Phi) is 4.82. The van der Waals surface area contributed by atoms with Crippen LogP contribution in [0.5, 0.6) is 0 Å². The van der Waals surface area contributed by atoms with E-state index in [1.54, 1.807) is 28.0 Å². The van der Waals surface area contributed by atoms with E-state index < -0.39 is 0 Å². The Balaban J connectivity index is 1.43. The Labute approximate surface area is 183 Å². The van der Waals surface area contributed by atoms with Crippen LogP contribution in [0, 0.1) is 0 Å². The number of anilines is 1. The summed E-state index contributed by atoms with van der Waals surface area (Å²) >= 11 is 5.03. The van der Waals surface area contributed by atoms with Gasteiger partial charge in [0, 0.05) is 15.7 Å². The fourth-order valence-electron chi connectivity index (χ4n) is 2.97. The van der Waals surface area contributed by atoms with Gasteiger partial charge in [0.05, 0.1) is 10.2 Å². The fraction of sp³-hybridized carbons (Fsp3) is 0. The highest BCUT2D eigenvalue weighted by Gasteiger charge is 2.15. The molecular formula is C21H13BrN6OS. The molecule has 0 spiro atoms. The van der Waals surface area contributed by atoms with Gasteiger partial charge in [0.2, 0.25) is 0 Å². The molecule has 0 aliphatic heterocycles. The molecule has 0 saturated heterocycles. The van der Waals surface area contributed by atoms with Crippen LogP contribution >= 0.6 is 27.3 Å². The minimum atomic E-state index is -0.321. The largest absolute Gasteiger partial charge is 0.321 e. The van der Waals surface area contributed by atoms with Crippen LogP contribution in [-0.2, 0) is 0 Å². The maximum absolute atomic E-state index is 12.9. The molecule has 9 heteroatoms. The molecule has 2 aromatic carbocycles. The van der Waals surface area contributed by atoms with Gasteiger partial charge in [-0.15, -0.1) is 21.5 Å². The van der Waals surface area contributed by atoms with Gasteiger partial charge in [-0.05, 0) is 52.3 Å². The average molecular weight is 477 g/mol. The number of amides is 1. The van der Waals surface area contributed by atoms with Crippen molar-refractivity contribution in [1.29, 1.82) is 0 Å². The normalized spacial score (nSPS) is 11.0. The summed E-state index contributed by atoms with van der Waals surface area (Å²) in [6.07, 6.45) is 3.05. The van der Waals surface area contributed by atoms with Gasteiger partial charge >= 0.3 is 0 Å². The molecule has 0 unspecified atom stereocenters. The molecule has 5 aromatic rings. The molecule has 0 bridgehead atoms. The highest BCUT2D eigenvalue weighted by molar-refractivity contribution is 9.10. The van der Waals surface area contributed by atoms with E-state index in [0.29, 0.717) is 16.0 Å². The third-order valence-corrected chi connectivity index (χ3v) is 6.12. The van der Waals surface area contributed by atoms with E-state index in [0.717, 1.165) is 20.8 Å². The lowest BCUT2D eigenvalue weighted by Gasteiger charge is -2.09. The molecule has 7 nitrogen and oxygen atoms in total. The summed E-state index contributed by atoms with van der Waals surface area (Å²) < 4.78 is 3.36. The molecule has 1 amide bonds. The van der Waals surface area contributed by atoms with Crippen molar-refractivity contribution >= 4 is 49.1 Å². The summed E-state index contributed by atoms with van der Waals surface area (Å²) in [7, 11) is 0. The van der Waals surface area contributed by atoms with Crippen molar-refractivity contribution in [2.24, 2.45) is 0 Å². The van der Waals surface area contributed by atoms with Gasteiger partial charge < -0.3 is 5.32 Å². The Bertz CT molecular complexity index is 1330. The predicted octanol–water partition coefficient (Wildman–Crippen LogP) is 4.95. The smallest absolute Gasteiger partial charge is 0.275 e. The Morgan fingerprint density at radius 3 is 2.63 bits per heavy atom. The molecule has 5 rings (SSSR count). The van der Waals surface area contributed by atoms with Crippen molar-refractivity contribution < 1.29 is 4.79 Å². The van der Waals surface area contributed by atoms with Gasteiger partial charge in [-0.2, -0.15) is 0 Å². The number of rotatable bonds is 4. The van der Waals surface area contributed by atoms with Crippen molar-refractivity contribution in [2.45, 2.75) is 0 Å². The first-order chi connectivity index (χ1) is 14.7. The summed E-state index contributed by atoms with van der Waals surface area (Å²) in [6, 6.07) is 19.2. The zero-order chi connectivity index (χ0) is 20.5. The second kappa shape index (κ2) is 7.77. The quantitative estimate of drug-likeness (QED) is 0.396. The topological polar surface area (TPSA) is 85.6 Å². The number of benzene rings is 2. The maximum atomic E-state index is 12.9. The number of pyridine rings is 1. The lowest BCUT2D eigenvalue weighted by atomic mass is 10.2. The predicted molar refractivity (Wildman–Crippen MR) is 120 cm³/mol. The van der Waals surface area contributed by atoms with Crippen molar-refractivity contribution in [3.8, 4) is 16.4 Å². The number of thiazole rings is 1. The Morgan fingerprint density at radius 1 is 0.967 bits per heavy atom. The number of halogens is 1. The van der Waals surface area contributed by atoms with Crippen molar-refractivity contribution in [3.05, 3.63) is 83.5 Å². The molecule has 146 valence electrons. The number of aromatic nitrogens is 5. The van der Waals surface area contributed by atoms with Crippen LogP contribution < -0.4 is 5.32 Å². The summed E-state index contributed by atoms with van der Waals surface area (Å²) in [6.45, 7) is 0. The monoisotopic (exact) mass is 476 g/mol. The molecule has 0 atom stereocenters. The molecule has 0 fully saturated rings. The molecule has 0 radical (unpaired) electrons. The standard InChI is InChI=1S/C21H13BrN6OS/c22-15-8-9-18(28-11-23-24-12-28)27-19(15)20(29)25-14-5-3-4-13(10-14)21-26-16-6-1-2-7-17(16)30-21/h1-12H,(H,25,29). The molecule has 3 heterocycles. The Morgan fingerprint density at radius 2 is 1.80 bits per heavy atom. The third-order valence-electron chi connectivity index (χ3n) is 4.39. The number of nitrogens with zero attached hydrogens (tertiary/aromatic N) is 5. The van der Waals surface area contributed by atoms with E-state index >= 15 is 0 Å². The van der Waals surface area contributed by atoms with Gasteiger partial charge in [-0.25, -0.2) is 9.97 Å². The first-order valence-corrected chi connectivity index (χ1v) is 10.6. The van der Waals surface area contributed by atoms with Crippen LogP contribution in [0.25, 0.3) is 26.6 Å². The summed E-state index contributed by atoms with van der Waals surface area (Å²) in [5.74, 6) is 0.231. The first-order valence-electron chi connectivity index (χ1n) is 8.96. The lowest BCUT2D eigenvalue weighted by molar-refractivity contribution is 0.102. The van der Waals surface area contributed by atoms with Gasteiger partial charge in [-0.1, -0.05) is 24.3 Å². The molecule has 1 N–H and O–H groups in total. The molecule has 0 aliphatic carbocycles. The fourth-order valence-corrected chi connectivity index (χ4v) is 4.33. The van der Waals surface area contributed by atoms with Gasteiger partial charge in [-0.3, -0.25) is 9.36 Å². The summed E-state index contributed by atoms with van der Waals surface area (Å²) in [5, 5.41) is 11.4. The van der Waals surface area contributed by atoms with Gasteiger partial charge in [0.1, 0.15) is 29.2 Å². The summed E-state index contributed by atoms with van der Waals surface area (Å²) in [4.78, 5) is 22.0. The minimum Gasteiger partial charge on any atom is -0.321 e. The van der Waals surface area contributed by atoms with Crippen molar-refractivity contribution in [1.82, 2.24) is 24.7 Å². The second-order valence-corrected chi connectivity index (χ2v) is 8.28. The van der Waals surface area contributed by atoms with Gasteiger partial charge in [0.15, 0.2) is 0 Å². The number of nitrogens with one attached hydrogen (secondary N) is 1. The number of fused-ring (bicyclic) bond motifs is 1. The van der Waals surface area contributed by atoms with Crippen LogP contribution in [0.1, 0.15) is 10.5 Å². The minimum absolute atomic E-state index is 0.270. The average Bonchev–Trinajstić information content (AvgIpc) is 3.44. The van der Waals surface area contributed by atoms with Gasteiger partial charge in [0.25, 0.3) is 5.91 Å². The number of para-hydroxylation sites is 1. The zero-order valence-electron chi connectivity index (χ0n) is 15.4. The third kappa shape index (κ3) is 3.60. The maximum Gasteiger partial charge on any atom is 0.275 e. The van der Waals surface area contributed by atoms with Crippen LogP contribution in [-0.4, -0.2) is 30.6 Å². The number of hydrogen-bond acceptors (Lipinski definition) is 6. The van der Waals surface area contributed by atoms with Crippen LogP contribution in [0.2, 0.25) is 0 Å². The van der Waals surface area contributed by atoms with E-state index in [2.05, 4.69) is 41.4 Å². The highest BCUT2D eigenvalue weighted by Crippen LogP contribution is 2.31. The number of carbonyl (C=O) groups is 1. The summed E-state index contributed by atoms with van der Waals surface area (Å²) in [5.41, 5.74) is 2.84. The molecule has 0 aliphatic rings. The number of carbonyl (C=O) groups excluding carboxylic acids is 1. The number of hydrogen-bond donors (Lipinski definition) is 1. The SMILES string of the molecule is O=C(Nc1cccc(-c2nc3ccccc3s2)c1)c1nc(-n2cnnc2)ccc1Br. The zero-order valence-corrected chi connectivity index (χ0v) is 17.8. The van der Waals surface area contributed by atoms with E-state index in [-0.39, 0.29) is 11.6 Å². The molecular weight excluding hydrogens is 464 g/mol. The van der Waals surface area contributed by atoms with Crippen LogP contribution in [0.15, 0.2) is 77.8 Å². The molecule has 0 saturated carbocycles. The molecule has 3 aromatic heterocycles. The molecule has 30 heavy (non-hydrogen) atoms. The van der Waals surface area contributed by atoms with Crippen molar-refractivity contribution in [2.75, 3.05) is 5.32 Å². The first kappa shape index (κ1) is 18.6.